The summed E-state index contributed by atoms with van der Waals surface area (Å²) in [5.41, 5.74) is 1.22. The number of rotatable bonds is 4. The van der Waals surface area contributed by atoms with Gasteiger partial charge in [-0.15, -0.1) is 0 Å². The maximum atomic E-state index is 11.6. The van der Waals surface area contributed by atoms with Gasteiger partial charge in [-0.2, -0.15) is 0 Å². The van der Waals surface area contributed by atoms with Crippen LogP contribution in [0.15, 0.2) is 24.3 Å². The number of nitrogens with zero attached hydrogens (tertiary/aromatic N) is 1. The number of hydrogen-bond acceptors (Lipinski definition) is 3. The van der Waals surface area contributed by atoms with Crippen LogP contribution in [0.3, 0.4) is 0 Å². The minimum absolute atomic E-state index is 0.0508. The van der Waals surface area contributed by atoms with Crippen LogP contribution in [-0.2, 0) is 9.53 Å². The first-order valence-corrected chi connectivity index (χ1v) is 7.29. The van der Waals surface area contributed by atoms with Crippen LogP contribution >= 0.6 is 11.6 Å². The van der Waals surface area contributed by atoms with E-state index in [1.54, 1.807) is 7.05 Å². The Balaban J connectivity index is 1.94. The molecule has 0 aliphatic carbocycles. The predicted octanol–water partition coefficient (Wildman–Crippen LogP) is 1.89. The van der Waals surface area contributed by atoms with Crippen molar-refractivity contribution in [2.75, 3.05) is 33.3 Å². The summed E-state index contributed by atoms with van der Waals surface area (Å²) in [6, 6.07) is 7.95. The molecule has 1 aromatic rings. The lowest BCUT2D eigenvalue weighted by Gasteiger charge is -2.33. The number of ether oxygens (including phenoxy) is 1. The van der Waals surface area contributed by atoms with E-state index in [1.165, 1.54) is 5.56 Å². The standard InChI is InChI=1S/C15H21ClN2O2/c1-11(12-4-3-5-13(16)8-12)9-18-6-7-20-14(10-18)15(19)17-2/h3-5,8,11,14H,6-7,9-10H2,1-2H3,(H,17,19)/t11-,14-/m0/s1. The minimum atomic E-state index is -0.361. The number of halogens is 1. The number of benzene rings is 1. The van der Waals surface area contributed by atoms with Gasteiger partial charge in [0.15, 0.2) is 0 Å². The number of likely N-dealkylation sites (N-methyl/N-ethyl adjacent to an activating group) is 1. The van der Waals surface area contributed by atoms with Crippen LogP contribution in [0.1, 0.15) is 18.4 Å². The van der Waals surface area contributed by atoms with Crippen LogP contribution in [0.4, 0.5) is 0 Å². The summed E-state index contributed by atoms with van der Waals surface area (Å²) in [5.74, 6) is 0.322. The van der Waals surface area contributed by atoms with Crippen LogP contribution in [0.5, 0.6) is 0 Å². The SMILES string of the molecule is CNC(=O)[C@@H]1CN(C[C@H](C)c2cccc(Cl)c2)CCO1. The Kier molecular flexibility index (Phi) is 5.40. The monoisotopic (exact) mass is 296 g/mol. The molecule has 0 unspecified atom stereocenters. The predicted molar refractivity (Wildman–Crippen MR) is 80.1 cm³/mol. The lowest BCUT2D eigenvalue weighted by Crippen LogP contribution is -2.49. The highest BCUT2D eigenvalue weighted by atomic mass is 35.5. The fourth-order valence-electron chi connectivity index (χ4n) is 2.49. The van der Waals surface area contributed by atoms with Gasteiger partial charge in [-0.1, -0.05) is 30.7 Å². The summed E-state index contributed by atoms with van der Waals surface area (Å²) >= 11 is 6.03. The number of hydrogen-bond donors (Lipinski definition) is 1. The summed E-state index contributed by atoms with van der Waals surface area (Å²) in [6.07, 6.45) is -0.361. The van der Waals surface area contributed by atoms with E-state index in [-0.39, 0.29) is 12.0 Å². The van der Waals surface area contributed by atoms with Gasteiger partial charge in [-0.3, -0.25) is 9.69 Å². The molecule has 1 amide bonds. The molecule has 1 fully saturated rings. The van der Waals surface area contributed by atoms with E-state index < -0.39 is 0 Å². The van der Waals surface area contributed by atoms with E-state index in [0.717, 1.165) is 18.1 Å². The third kappa shape index (κ3) is 3.95. The summed E-state index contributed by atoms with van der Waals surface area (Å²) < 4.78 is 5.49. The highest BCUT2D eigenvalue weighted by molar-refractivity contribution is 6.30. The topological polar surface area (TPSA) is 41.6 Å². The van der Waals surface area contributed by atoms with Crippen LogP contribution < -0.4 is 5.32 Å². The fourth-order valence-corrected chi connectivity index (χ4v) is 2.69. The van der Waals surface area contributed by atoms with Crippen LogP contribution in [-0.4, -0.2) is 50.2 Å². The molecule has 0 bridgehead atoms. The van der Waals surface area contributed by atoms with Gasteiger partial charge in [-0.05, 0) is 23.6 Å². The molecule has 110 valence electrons. The zero-order chi connectivity index (χ0) is 14.5. The Bertz CT molecular complexity index is 467. The van der Waals surface area contributed by atoms with Crippen molar-refractivity contribution in [1.82, 2.24) is 10.2 Å². The first kappa shape index (κ1) is 15.3. The molecule has 1 saturated heterocycles. The van der Waals surface area contributed by atoms with Crippen molar-refractivity contribution in [3.05, 3.63) is 34.9 Å². The molecule has 0 aromatic heterocycles. The quantitative estimate of drug-likeness (QED) is 0.922. The molecule has 4 nitrogen and oxygen atoms in total. The molecule has 20 heavy (non-hydrogen) atoms. The zero-order valence-corrected chi connectivity index (χ0v) is 12.7. The summed E-state index contributed by atoms with van der Waals surface area (Å²) in [6.45, 7) is 5.18. The average molecular weight is 297 g/mol. The molecule has 2 atom stereocenters. The van der Waals surface area contributed by atoms with Gasteiger partial charge < -0.3 is 10.1 Å². The van der Waals surface area contributed by atoms with E-state index in [0.29, 0.717) is 19.1 Å². The van der Waals surface area contributed by atoms with E-state index in [9.17, 15) is 4.79 Å². The van der Waals surface area contributed by atoms with Crippen LogP contribution in [0, 0.1) is 0 Å². The van der Waals surface area contributed by atoms with Crippen molar-refractivity contribution in [3.63, 3.8) is 0 Å². The van der Waals surface area contributed by atoms with E-state index in [2.05, 4.69) is 23.2 Å². The molecule has 5 heteroatoms. The lowest BCUT2D eigenvalue weighted by atomic mass is 10.0. The second-order valence-corrected chi connectivity index (χ2v) is 5.63. The number of carbonyl (C=O) groups excluding carboxylic acids is 1. The highest BCUT2D eigenvalue weighted by Crippen LogP contribution is 2.21. The Labute approximate surface area is 125 Å². The van der Waals surface area contributed by atoms with Crippen molar-refractivity contribution in [2.24, 2.45) is 0 Å². The molecule has 1 heterocycles. The summed E-state index contributed by atoms with van der Waals surface area (Å²) in [5, 5.41) is 3.40. The summed E-state index contributed by atoms with van der Waals surface area (Å²) in [7, 11) is 1.64. The number of morpholine rings is 1. The van der Waals surface area contributed by atoms with Gasteiger partial charge >= 0.3 is 0 Å². The normalized spacial score (nSPS) is 21.4. The highest BCUT2D eigenvalue weighted by Gasteiger charge is 2.26. The molecule has 0 radical (unpaired) electrons. The second-order valence-electron chi connectivity index (χ2n) is 5.19. The Morgan fingerprint density at radius 3 is 3.10 bits per heavy atom. The van der Waals surface area contributed by atoms with Gasteiger partial charge in [0, 0.05) is 31.7 Å². The Hall–Kier alpha value is -1.10. The Morgan fingerprint density at radius 1 is 1.60 bits per heavy atom. The summed E-state index contributed by atoms with van der Waals surface area (Å²) in [4.78, 5) is 13.9. The van der Waals surface area contributed by atoms with Crippen LogP contribution in [0.25, 0.3) is 0 Å². The minimum Gasteiger partial charge on any atom is -0.366 e. The first-order valence-electron chi connectivity index (χ1n) is 6.91. The largest absolute Gasteiger partial charge is 0.366 e. The van der Waals surface area contributed by atoms with E-state index in [4.69, 9.17) is 16.3 Å². The number of nitrogens with one attached hydrogen (secondary N) is 1. The van der Waals surface area contributed by atoms with Gasteiger partial charge in [0.2, 0.25) is 5.91 Å². The molecular weight excluding hydrogens is 276 g/mol. The maximum Gasteiger partial charge on any atom is 0.250 e. The van der Waals surface area contributed by atoms with E-state index >= 15 is 0 Å². The third-order valence-electron chi connectivity index (χ3n) is 3.64. The van der Waals surface area contributed by atoms with Crippen molar-refractivity contribution < 1.29 is 9.53 Å². The van der Waals surface area contributed by atoms with Crippen molar-refractivity contribution in [3.8, 4) is 0 Å². The first-order chi connectivity index (χ1) is 9.60. The molecule has 1 aromatic carbocycles. The molecular formula is C15H21ClN2O2. The fraction of sp³-hybridized carbons (Fsp3) is 0.533. The van der Waals surface area contributed by atoms with Gasteiger partial charge in [0.25, 0.3) is 0 Å². The second kappa shape index (κ2) is 7.07. The Morgan fingerprint density at radius 2 is 2.40 bits per heavy atom. The van der Waals surface area contributed by atoms with Gasteiger partial charge in [0.1, 0.15) is 6.10 Å². The maximum absolute atomic E-state index is 11.6. The average Bonchev–Trinajstić information content (AvgIpc) is 2.46. The van der Waals surface area contributed by atoms with Crippen molar-refractivity contribution >= 4 is 17.5 Å². The zero-order valence-electron chi connectivity index (χ0n) is 11.9. The molecule has 1 aliphatic rings. The van der Waals surface area contributed by atoms with Gasteiger partial charge in [0.05, 0.1) is 6.61 Å². The van der Waals surface area contributed by atoms with Gasteiger partial charge in [-0.25, -0.2) is 0 Å². The molecule has 1 aliphatic heterocycles. The van der Waals surface area contributed by atoms with Crippen molar-refractivity contribution in [1.29, 1.82) is 0 Å². The molecule has 0 saturated carbocycles. The lowest BCUT2D eigenvalue weighted by molar-refractivity contribution is -0.138. The van der Waals surface area contributed by atoms with Crippen LogP contribution in [0.2, 0.25) is 5.02 Å². The third-order valence-corrected chi connectivity index (χ3v) is 3.87. The number of carbonyl (C=O) groups is 1. The molecule has 2 rings (SSSR count). The number of amides is 1. The molecule has 0 spiro atoms. The van der Waals surface area contributed by atoms with Crippen molar-refractivity contribution in [2.45, 2.75) is 18.9 Å². The smallest absolute Gasteiger partial charge is 0.250 e. The molecule has 1 N–H and O–H groups in total. The van der Waals surface area contributed by atoms with E-state index in [1.807, 2.05) is 18.2 Å².